The van der Waals surface area contributed by atoms with Crippen LogP contribution in [0.3, 0.4) is 0 Å². The maximum absolute atomic E-state index is 14.3. The number of halogens is 2. The molecule has 0 radical (unpaired) electrons. The summed E-state index contributed by atoms with van der Waals surface area (Å²) in [5.41, 5.74) is 1.07. The molecule has 0 aliphatic heterocycles. The van der Waals surface area contributed by atoms with E-state index >= 15 is 0 Å². The van der Waals surface area contributed by atoms with Crippen molar-refractivity contribution in [1.29, 1.82) is 0 Å². The predicted octanol–water partition coefficient (Wildman–Crippen LogP) is 6.31. The Morgan fingerprint density at radius 1 is 1.23 bits per heavy atom. The molecule has 26 heavy (non-hydrogen) atoms. The normalized spacial score (nSPS) is 33.8. The molecule has 0 spiro atoms. The van der Waals surface area contributed by atoms with Crippen LogP contribution in [0.5, 0.6) is 5.75 Å². The van der Waals surface area contributed by atoms with E-state index in [1.54, 1.807) is 6.07 Å². The molecule has 1 aromatic carbocycles. The van der Waals surface area contributed by atoms with Crippen molar-refractivity contribution in [2.45, 2.75) is 64.7 Å². The van der Waals surface area contributed by atoms with Crippen molar-refractivity contribution >= 4 is 16.8 Å². The Hall–Kier alpha value is -1.09. The number of benzene rings is 1. The molecule has 142 valence electrons. The van der Waals surface area contributed by atoms with Gasteiger partial charge in [0.25, 0.3) is 5.24 Å². The molecule has 0 saturated heterocycles. The first-order valence-corrected chi connectivity index (χ1v) is 10.4. The van der Waals surface area contributed by atoms with E-state index in [-0.39, 0.29) is 11.0 Å². The van der Waals surface area contributed by atoms with Gasteiger partial charge in [-0.05, 0) is 91.8 Å². The van der Waals surface area contributed by atoms with Crippen LogP contribution in [0.15, 0.2) is 12.1 Å². The summed E-state index contributed by atoms with van der Waals surface area (Å²) < 4.78 is 20.5. The zero-order chi connectivity index (χ0) is 18.5. The maximum atomic E-state index is 14.3. The fourth-order valence-electron chi connectivity index (χ4n) is 5.64. The molecule has 3 fully saturated rings. The molecule has 0 aromatic heterocycles. The monoisotopic (exact) mass is 378 g/mol. The molecule has 1 aromatic rings. The summed E-state index contributed by atoms with van der Waals surface area (Å²) in [6.07, 6.45) is 8.57. The number of hydrogen-bond donors (Lipinski definition) is 0. The lowest BCUT2D eigenvalue weighted by molar-refractivity contribution is 0.0143. The molecule has 0 heterocycles. The van der Waals surface area contributed by atoms with E-state index in [0.29, 0.717) is 18.3 Å². The molecule has 0 amide bonds. The van der Waals surface area contributed by atoms with Gasteiger partial charge in [0, 0.05) is 11.5 Å². The van der Waals surface area contributed by atoms with Gasteiger partial charge in [0.05, 0.1) is 12.2 Å². The molecule has 4 heteroatoms. The van der Waals surface area contributed by atoms with Gasteiger partial charge in [-0.15, -0.1) is 0 Å². The van der Waals surface area contributed by atoms with Crippen LogP contribution in [-0.4, -0.2) is 11.8 Å². The lowest BCUT2D eigenvalue weighted by atomic mass is 9.60. The van der Waals surface area contributed by atoms with E-state index in [1.165, 1.54) is 38.2 Å². The number of hydrogen-bond acceptors (Lipinski definition) is 2. The fraction of sp³-hybridized carbons (Fsp3) is 0.682. The Bertz CT molecular complexity index is 694. The van der Waals surface area contributed by atoms with Crippen LogP contribution >= 0.6 is 11.6 Å². The minimum absolute atomic E-state index is 0.0340. The SMILES string of the molecule is CC1CC2CC(C1)CC(C)(COc1cc(F)c(C(=O)Cl)cc1C1CC1)C2. The minimum atomic E-state index is -0.739. The molecular formula is C22H28ClFO2. The zero-order valence-corrected chi connectivity index (χ0v) is 16.4. The van der Waals surface area contributed by atoms with Gasteiger partial charge in [-0.3, -0.25) is 4.79 Å². The Labute approximate surface area is 160 Å². The van der Waals surface area contributed by atoms with E-state index in [4.69, 9.17) is 16.3 Å². The molecule has 2 atom stereocenters. The van der Waals surface area contributed by atoms with Crippen LogP contribution in [0.2, 0.25) is 0 Å². The van der Waals surface area contributed by atoms with Gasteiger partial charge in [0.1, 0.15) is 11.6 Å². The largest absolute Gasteiger partial charge is 0.493 e. The second kappa shape index (κ2) is 6.82. The smallest absolute Gasteiger partial charge is 0.255 e. The van der Waals surface area contributed by atoms with Crippen LogP contribution in [0.1, 0.15) is 80.6 Å². The minimum Gasteiger partial charge on any atom is -0.493 e. The van der Waals surface area contributed by atoms with Crippen molar-refractivity contribution in [3.8, 4) is 5.75 Å². The van der Waals surface area contributed by atoms with Crippen LogP contribution in [0, 0.1) is 29.0 Å². The molecule has 3 saturated carbocycles. The third kappa shape index (κ3) is 3.78. The van der Waals surface area contributed by atoms with Crippen molar-refractivity contribution in [2.75, 3.05) is 6.61 Å². The molecule has 0 N–H and O–H groups in total. The highest BCUT2D eigenvalue weighted by Crippen LogP contribution is 2.51. The van der Waals surface area contributed by atoms with E-state index < -0.39 is 11.1 Å². The first kappa shape index (κ1) is 18.3. The first-order chi connectivity index (χ1) is 12.3. The predicted molar refractivity (Wildman–Crippen MR) is 101 cm³/mol. The van der Waals surface area contributed by atoms with E-state index in [0.717, 1.165) is 36.2 Å². The van der Waals surface area contributed by atoms with Gasteiger partial charge < -0.3 is 4.74 Å². The molecule has 3 aliphatic carbocycles. The summed E-state index contributed by atoms with van der Waals surface area (Å²) in [5.74, 6) is 2.87. The van der Waals surface area contributed by atoms with Gasteiger partial charge in [0.15, 0.2) is 0 Å². The summed E-state index contributed by atoms with van der Waals surface area (Å²) in [6.45, 7) is 5.33. The fourth-order valence-corrected chi connectivity index (χ4v) is 5.78. The highest BCUT2D eigenvalue weighted by Gasteiger charge is 2.41. The number of carbonyl (C=O) groups excluding carboxylic acids is 1. The van der Waals surface area contributed by atoms with Crippen molar-refractivity contribution in [2.24, 2.45) is 23.2 Å². The Balaban J connectivity index is 1.51. The average Bonchev–Trinajstić information content (AvgIpc) is 3.36. The third-order valence-corrected chi connectivity index (χ3v) is 6.81. The molecule has 3 aliphatic rings. The van der Waals surface area contributed by atoms with Gasteiger partial charge >= 0.3 is 0 Å². The van der Waals surface area contributed by atoms with E-state index in [2.05, 4.69) is 13.8 Å². The Kier molecular flexibility index (Phi) is 4.79. The standard InChI is InChI=1S/C22H28ClFO2/c1-13-5-14-7-15(6-13)11-22(2,10-14)12-26-20-9-19(24)18(21(23)25)8-17(20)16-3-4-16/h8-9,13-16H,3-7,10-12H2,1-2H3. The zero-order valence-electron chi connectivity index (χ0n) is 15.7. The quantitative estimate of drug-likeness (QED) is 0.561. The van der Waals surface area contributed by atoms with Crippen molar-refractivity contribution < 1.29 is 13.9 Å². The number of fused-ring (bicyclic) bond motifs is 2. The summed E-state index contributed by atoms with van der Waals surface area (Å²) in [5, 5.41) is -0.739. The second-order valence-corrected chi connectivity index (χ2v) is 9.81. The molecule has 4 rings (SSSR count). The van der Waals surface area contributed by atoms with Crippen LogP contribution in [0.4, 0.5) is 4.39 Å². The summed E-state index contributed by atoms with van der Waals surface area (Å²) >= 11 is 5.53. The average molecular weight is 379 g/mol. The van der Waals surface area contributed by atoms with Crippen molar-refractivity contribution in [3.05, 3.63) is 29.1 Å². The van der Waals surface area contributed by atoms with E-state index in [9.17, 15) is 9.18 Å². The van der Waals surface area contributed by atoms with Gasteiger partial charge in [0.2, 0.25) is 0 Å². The van der Waals surface area contributed by atoms with Gasteiger partial charge in [-0.1, -0.05) is 13.8 Å². The number of rotatable bonds is 5. The van der Waals surface area contributed by atoms with Crippen molar-refractivity contribution in [3.63, 3.8) is 0 Å². The molecular weight excluding hydrogens is 351 g/mol. The Morgan fingerprint density at radius 3 is 2.46 bits per heavy atom. The highest BCUT2D eigenvalue weighted by atomic mass is 35.5. The summed E-state index contributed by atoms with van der Waals surface area (Å²) in [4.78, 5) is 11.5. The molecule has 2 bridgehead atoms. The molecule has 2 nitrogen and oxygen atoms in total. The second-order valence-electron chi connectivity index (χ2n) is 9.47. The lowest BCUT2D eigenvalue weighted by Gasteiger charge is -2.47. The Morgan fingerprint density at radius 2 is 1.88 bits per heavy atom. The van der Waals surface area contributed by atoms with Crippen molar-refractivity contribution in [1.82, 2.24) is 0 Å². The third-order valence-electron chi connectivity index (χ3n) is 6.61. The number of ether oxygens (including phenoxy) is 1. The maximum Gasteiger partial charge on any atom is 0.255 e. The molecule has 2 unspecified atom stereocenters. The highest BCUT2D eigenvalue weighted by molar-refractivity contribution is 6.67. The van der Waals surface area contributed by atoms with Crippen LogP contribution in [-0.2, 0) is 0 Å². The lowest BCUT2D eigenvalue weighted by Crippen LogP contribution is -2.39. The van der Waals surface area contributed by atoms with Gasteiger partial charge in [-0.25, -0.2) is 4.39 Å². The first-order valence-electron chi connectivity index (χ1n) is 9.99. The number of carbonyl (C=O) groups is 1. The van der Waals surface area contributed by atoms with Gasteiger partial charge in [-0.2, -0.15) is 0 Å². The summed E-state index contributed by atoms with van der Waals surface area (Å²) in [7, 11) is 0. The summed E-state index contributed by atoms with van der Waals surface area (Å²) in [6, 6.07) is 2.98. The van der Waals surface area contributed by atoms with Crippen LogP contribution < -0.4 is 4.74 Å². The topological polar surface area (TPSA) is 26.3 Å². The van der Waals surface area contributed by atoms with Crippen LogP contribution in [0.25, 0.3) is 0 Å². The van der Waals surface area contributed by atoms with E-state index in [1.807, 2.05) is 0 Å².